The first-order valence-electron chi connectivity index (χ1n) is 4.53. The van der Waals surface area contributed by atoms with Gasteiger partial charge in [-0.2, -0.15) is 13.2 Å². The molecule has 0 atom stereocenters. The molecule has 1 rings (SSSR count). The molecule has 4 nitrogen and oxygen atoms in total. The van der Waals surface area contributed by atoms with E-state index in [2.05, 4.69) is 4.74 Å². The minimum Gasteiger partial charge on any atom is -0.477 e. The molecule has 8 heteroatoms. The van der Waals surface area contributed by atoms with Crippen LogP contribution >= 0.6 is 11.6 Å². The average Bonchev–Trinajstić information content (AvgIpc) is 2.53. The fraction of sp³-hybridized carbons (Fsp3) is 0.444. The Labute approximate surface area is 99.5 Å². The summed E-state index contributed by atoms with van der Waals surface area (Å²) in [4.78, 5) is 10.7. The zero-order valence-corrected chi connectivity index (χ0v) is 9.25. The molecule has 1 aromatic heterocycles. The maximum Gasteiger partial charge on any atom is 0.411 e. The Bertz CT molecular complexity index is 403. The van der Waals surface area contributed by atoms with Gasteiger partial charge in [0.1, 0.15) is 12.3 Å². The van der Waals surface area contributed by atoms with Crippen LogP contribution in [-0.2, 0) is 11.3 Å². The van der Waals surface area contributed by atoms with Gasteiger partial charge in [0.05, 0.1) is 11.6 Å². The largest absolute Gasteiger partial charge is 0.477 e. The second-order valence-corrected chi connectivity index (χ2v) is 3.65. The van der Waals surface area contributed by atoms with E-state index < -0.39 is 18.8 Å². The van der Waals surface area contributed by atoms with E-state index in [4.69, 9.17) is 16.7 Å². The predicted octanol–water partition coefficient (Wildman–Crippen LogP) is 2.42. The molecule has 17 heavy (non-hydrogen) atoms. The summed E-state index contributed by atoms with van der Waals surface area (Å²) in [6.45, 7) is -1.61. The third kappa shape index (κ3) is 4.66. The van der Waals surface area contributed by atoms with Crippen molar-refractivity contribution in [3.8, 4) is 0 Å². The van der Waals surface area contributed by atoms with Gasteiger partial charge in [0.15, 0.2) is 0 Å². The molecule has 0 unspecified atom stereocenters. The lowest BCUT2D eigenvalue weighted by atomic mass is 10.4. The van der Waals surface area contributed by atoms with Crippen LogP contribution in [0.15, 0.2) is 12.3 Å². The van der Waals surface area contributed by atoms with Gasteiger partial charge in [0.2, 0.25) is 0 Å². The molecular weight excluding hydrogens is 263 g/mol. The number of aromatic nitrogens is 1. The lowest BCUT2D eigenvalue weighted by molar-refractivity contribution is -0.174. The number of rotatable bonds is 5. The van der Waals surface area contributed by atoms with Gasteiger partial charge in [-0.3, -0.25) is 0 Å². The minimum atomic E-state index is -4.38. The molecule has 1 N–H and O–H groups in total. The Kier molecular flexibility index (Phi) is 4.41. The first-order chi connectivity index (χ1) is 7.79. The van der Waals surface area contributed by atoms with Crippen molar-refractivity contribution in [2.75, 3.05) is 13.2 Å². The van der Waals surface area contributed by atoms with Crippen LogP contribution in [0.5, 0.6) is 0 Å². The van der Waals surface area contributed by atoms with E-state index in [1.54, 1.807) is 0 Å². The summed E-state index contributed by atoms with van der Waals surface area (Å²) in [5.74, 6) is -1.20. The van der Waals surface area contributed by atoms with Gasteiger partial charge in [-0.05, 0) is 6.07 Å². The monoisotopic (exact) mass is 271 g/mol. The van der Waals surface area contributed by atoms with E-state index in [0.29, 0.717) is 0 Å². The number of alkyl halides is 3. The molecule has 0 saturated carbocycles. The van der Waals surface area contributed by atoms with E-state index in [9.17, 15) is 18.0 Å². The Morgan fingerprint density at radius 1 is 1.53 bits per heavy atom. The van der Waals surface area contributed by atoms with Gasteiger partial charge in [0.25, 0.3) is 0 Å². The summed E-state index contributed by atoms with van der Waals surface area (Å²) in [6, 6.07) is 1.22. The lowest BCUT2D eigenvalue weighted by Gasteiger charge is -2.09. The Hall–Kier alpha value is -1.21. The van der Waals surface area contributed by atoms with Gasteiger partial charge in [-0.1, -0.05) is 11.6 Å². The molecule has 0 bridgehead atoms. The molecule has 1 aromatic rings. The van der Waals surface area contributed by atoms with Crippen molar-refractivity contribution >= 4 is 17.6 Å². The number of aromatic carboxylic acids is 1. The molecule has 0 radical (unpaired) electrons. The first-order valence-corrected chi connectivity index (χ1v) is 4.91. The first kappa shape index (κ1) is 13.9. The normalized spacial score (nSPS) is 11.8. The van der Waals surface area contributed by atoms with Crippen molar-refractivity contribution < 1.29 is 27.8 Å². The number of carboxylic acid groups (broad SMARTS) is 1. The second-order valence-electron chi connectivity index (χ2n) is 3.21. The average molecular weight is 272 g/mol. The third-order valence-electron chi connectivity index (χ3n) is 1.82. The highest BCUT2D eigenvalue weighted by molar-refractivity contribution is 6.30. The molecule has 96 valence electrons. The van der Waals surface area contributed by atoms with Crippen LogP contribution < -0.4 is 0 Å². The van der Waals surface area contributed by atoms with Crippen molar-refractivity contribution in [1.82, 2.24) is 4.57 Å². The molecule has 1 heterocycles. The van der Waals surface area contributed by atoms with Gasteiger partial charge in [0, 0.05) is 12.7 Å². The van der Waals surface area contributed by atoms with Crippen molar-refractivity contribution in [1.29, 1.82) is 0 Å². The van der Waals surface area contributed by atoms with Crippen molar-refractivity contribution in [2.45, 2.75) is 12.7 Å². The zero-order valence-electron chi connectivity index (χ0n) is 8.50. The van der Waals surface area contributed by atoms with E-state index in [-0.39, 0.29) is 23.9 Å². The highest BCUT2D eigenvalue weighted by Crippen LogP contribution is 2.16. The number of hydrogen-bond donors (Lipinski definition) is 1. The number of ether oxygens (including phenoxy) is 1. The molecule has 0 aliphatic carbocycles. The molecule has 0 fully saturated rings. The Morgan fingerprint density at radius 2 is 2.18 bits per heavy atom. The van der Waals surface area contributed by atoms with Crippen LogP contribution in [0.4, 0.5) is 13.2 Å². The van der Waals surface area contributed by atoms with Crippen molar-refractivity contribution in [2.24, 2.45) is 0 Å². The van der Waals surface area contributed by atoms with Crippen LogP contribution in [0, 0.1) is 0 Å². The summed E-state index contributed by atoms with van der Waals surface area (Å²) in [7, 11) is 0. The van der Waals surface area contributed by atoms with Crippen LogP contribution in [-0.4, -0.2) is 35.0 Å². The van der Waals surface area contributed by atoms with Crippen LogP contribution in [0.2, 0.25) is 5.02 Å². The standard InChI is InChI=1S/C9H9ClF3NO3/c10-6-3-7(8(15)16)14(4-6)1-2-17-5-9(11,12)13/h3-4H,1-2,5H2,(H,15,16). The van der Waals surface area contributed by atoms with Crippen molar-refractivity contribution in [3.63, 3.8) is 0 Å². The van der Waals surface area contributed by atoms with Crippen LogP contribution in [0.1, 0.15) is 10.5 Å². The van der Waals surface area contributed by atoms with Gasteiger partial charge >= 0.3 is 12.1 Å². The van der Waals surface area contributed by atoms with E-state index in [1.807, 2.05) is 0 Å². The van der Waals surface area contributed by atoms with Gasteiger partial charge in [-0.25, -0.2) is 4.79 Å². The Balaban J connectivity index is 2.49. The topological polar surface area (TPSA) is 51.5 Å². The number of nitrogens with zero attached hydrogens (tertiary/aromatic N) is 1. The summed E-state index contributed by atoms with van der Waals surface area (Å²) < 4.78 is 40.8. The Morgan fingerprint density at radius 3 is 2.71 bits per heavy atom. The van der Waals surface area contributed by atoms with E-state index >= 15 is 0 Å². The summed E-state index contributed by atoms with van der Waals surface area (Å²) >= 11 is 5.59. The van der Waals surface area contributed by atoms with Crippen molar-refractivity contribution in [3.05, 3.63) is 23.0 Å². The molecule has 0 amide bonds. The number of carboxylic acids is 1. The fourth-order valence-corrected chi connectivity index (χ4v) is 1.41. The highest BCUT2D eigenvalue weighted by atomic mass is 35.5. The highest BCUT2D eigenvalue weighted by Gasteiger charge is 2.27. The van der Waals surface area contributed by atoms with E-state index in [0.717, 1.165) is 0 Å². The summed E-state index contributed by atoms with van der Waals surface area (Å²) in [5.41, 5.74) is -0.0920. The predicted molar refractivity (Wildman–Crippen MR) is 53.3 cm³/mol. The third-order valence-corrected chi connectivity index (χ3v) is 2.03. The van der Waals surface area contributed by atoms with Gasteiger partial charge in [-0.15, -0.1) is 0 Å². The maximum absolute atomic E-state index is 11.7. The minimum absolute atomic E-state index is 0.00949. The lowest BCUT2D eigenvalue weighted by Crippen LogP contribution is -2.19. The van der Waals surface area contributed by atoms with Gasteiger partial charge < -0.3 is 14.4 Å². The molecule has 0 aromatic carbocycles. The molecular formula is C9H9ClF3NO3. The number of hydrogen-bond acceptors (Lipinski definition) is 2. The number of halogens is 4. The maximum atomic E-state index is 11.7. The number of carbonyl (C=O) groups is 1. The molecule has 0 spiro atoms. The summed E-state index contributed by atoms with van der Waals surface area (Å²) in [5, 5.41) is 8.97. The molecule has 0 aliphatic rings. The van der Waals surface area contributed by atoms with E-state index in [1.165, 1.54) is 16.8 Å². The molecule has 0 aliphatic heterocycles. The second kappa shape index (κ2) is 5.42. The summed E-state index contributed by atoms with van der Waals surface area (Å²) in [6.07, 6.45) is -3.06. The fourth-order valence-electron chi connectivity index (χ4n) is 1.19. The van der Waals surface area contributed by atoms with Crippen LogP contribution in [0.25, 0.3) is 0 Å². The SMILES string of the molecule is O=C(O)c1cc(Cl)cn1CCOCC(F)(F)F. The zero-order chi connectivity index (χ0) is 13.1. The van der Waals surface area contributed by atoms with Crippen LogP contribution in [0.3, 0.4) is 0 Å². The quantitative estimate of drug-likeness (QED) is 0.837. The molecule has 0 saturated heterocycles. The smallest absolute Gasteiger partial charge is 0.411 e.